The Labute approximate surface area is 142 Å². The van der Waals surface area contributed by atoms with Crippen LogP contribution in [0.2, 0.25) is 0 Å². The van der Waals surface area contributed by atoms with E-state index < -0.39 is 20.5 Å². The number of sulfone groups is 1. The first-order valence-corrected chi connectivity index (χ1v) is 9.78. The predicted molar refractivity (Wildman–Crippen MR) is 92.4 cm³/mol. The summed E-state index contributed by atoms with van der Waals surface area (Å²) in [6.07, 6.45) is 1.67. The minimum absolute atomic E-state index is 0.0821. The second-order valence-electron chi connectivity index (χ2n) is 5.94. The number of hydrogen-bond acceptors (Lipinski definition) is 5. The fraction of sp³-hybridized carbons (Fsp3) is 0.500. The summed E-state index contributed by atoms with van der Waals surface area (Å²) in [6, 6.07) is 9.00. The van der Waals surface area contributed by atoms with Crippen LogP contribution in [0.1, 0.15) is 19.3 Å². The summed E-state index contributed by atoms with van der Waals surface area (Å²) in [5, 5.41) is 8.39. The molecule has 0 unspecified atom stereocenters. The van der Waals surface area contributed by atoms with Crippen LogP contribution in [0.5, 0.6) is 0 Å². The molecule has 132 valence electrons. The van der Waals surface area contributed by atoms with Crippen LogP contribution in [0.25, 0.3) is 0 Å². The number of piperidine rings is 1. The van der Waals surface area contributed by atoms with Gasteiger partial charge < -0.3 is 16.0 Å². The average Bonchev–Trinajstić information content (AvgIpc) is 2.55. The highest BCUT2D eigenvalue weighted by Gasteiger charge is 2.48. The van der Waals surface area contributed by atoms with E-state index in [2.05, 4.69) is 16.0 Å². The molecule has 0 bridgehead atoms. The highest BCUT2D eigenvalue weighted by molar-refractivity contribution is 7.92. The normalized spacial score (nSPS) is 17.0. The summed E-state index contributed by atoms with van der Waals surface area (Å²) in [6.45, 7) is 1.06. The van der Waals surface area contributed by atoms with E-state index in [1.54, 1.807) is 12.1 Å². The highest BCUT2D eigenvalue weighted by atomic mass is 32.2. The third-order valence-electron chi connectivity index (χ3n) is 4.23. The molecule has 24 heavy (non-hydrogen) atoms. The van der Waals surface area contributed by atoms with Crippen LogP contribution in [-0.4, -0.2) is 50.9 Å². The summed E-state index contributed by atoms with van der Waals surface area (Å²) < 4.78 is 22.8. The number of nitrogens with one attached hydrogen (secondary N) is 3. The molecule has 1 aliphatic rings. The smallest absolute Gasteiger partial charge is 0.241 e. The van der Waals surface area contributed by atoms with E-state index in [4.69, 9.17) is 0 Å². The third kappa shape index (κ3) is 4.33. The number of rotatable bonds is 6. The Bertz CT molecular complexity index is 683. The lowest BCUT2D eigenvalue weighted by molar-refractivity contribution is -0.124. The second-order valence-corrected chi connectivity index (χ2v) is 8.26. The molecule has 7 nitrogen and oxygen atoms in total. The van der Waals surface area contributed by atoms with Gasteiger partial charge in [-0.1, -0.05) is 18.2 Å². The molecule has 0 aliphatic carbocycles. The van der Waals surface area contributed by atoms with Gasteiger partial charge in [0.25, 0.3) is 0 Å². The molecule has 1 fully saturated rings. The van der Waals surface area contributed by atoms with Gasteiger partial charge >= 0.3 is 0 Å². The zero-order valence-corrected chi connectivity index (χ0v) is 14.5. The fourth-order valence-electron chi connectivity index (χ4n) is 2.79. The van der Waals surface area contributed by atoms with Crippen LogP contribution in [0.3, 0.4) is 0 Å². The highest BCUT2D eigenvalue weighted by Crippen LogP contribution is 2.27. The molecule has 0 aromatic heterocycles. The van der Waals surface area contributed by atoms with Gasteiger partial charge in [0.05, 0.1) is 0 Å². The van der Waals surface area contributed by atoms with Crippen molar-refractivity contribution in [3.8, 4) is 0 Å². The summed E-state index contributed by atoms with van der Waals surface area (Å²) >= 11 is 0. The van der Waals surface area contributed by atoms with Crippen LogP contribution in [-0.2, 0) is 19.4 Å². The summed E-state index contributed by atoms with van der Waals surface area (Å²) in [4.78, 5) is 24.3. The Kier molecular flexibility index (Phi) is 5.95. The molecule has 0 spiro atoms. The molecule has 0 radical (unpaired) electrons. The monoisotopic (exact) mass is 353 g/mol. The number of carbonyl (C=O) groups excluding carboxylic acids is 2. The molecular weight excluding hydrogens is 330 g/mol. The molecule has 1 saturated heterocycles. The van der Waals surface area contributed by atoms with E-state index in [0.29, 0.717) is 18.8 Å². The van der Waals surface area contributed by atoms with Crippen molar-refractivity contribution >= 4 is 27.3 Å². The van der Waals surface area contributed by atoms with E-state index in [1.165, 1.54) is 0 Å². The van der Waals surface area contributed by atoms with Crippen LogP contribution >= 0.6 is 0 Å². The zero-order chi connectivity index (χ0) is 17.6. The van der Waals surface area contributed by atoms with Gasteiger partial charge in [0, 0.05) is 24.9 Å². The van der Waals surface area contributed by atoms with Crippen molar-refractivity contribution < 1.29 is 18.0 Å². The Morgan fingerprint density at radius 3 is 2.38 bits per heavy atom. The standard InChI is InChI=1S/C16H23N3O4S/c1-24(22,23)16(8-11-17-12-9-16)15(21)18-10-7-14(20)19-13-5-3-2-4-6-13/h2-6,17H,7-12H2,1H3,(H,18,21)(H,19,20). The Hall–Kier alpha value is -1.93. The van der Waals surface area contributed by atoms with E-state index in [9.17, 15) is 18.0 Å². The van der Waals surface area contributed by atoms with Gasteiger partial charge in [-0.25, -0.2) is 8.42 Å². The van der Waals surface area contributed by atoms with Gasteiger partial charge in [-0.2, -0.15) is 0 Å². The molecule has 1 aromatic carbocycles. The van der Waals surface area contributed by atoms with Crippen LogP contribution in [0.4, 0.5) is 5.69 Å². The molecule has 1 heterocycles. The second kappa shape index (κ2) is 7.76. The molecule has 8 heteroatoms. The van der Waals surface area contributed by atoms with Crippen molar-refractivity contribution in [3.05, 3.63) is 30.3 Å². The molecule has 2 rings (SSSR count). The lowest BCUT2D eigenvalue weighted by atomic mass is 9.96. The maximum atomic E-state index is 12.5. The largest absolute Gasteiger partial charge is 0.354 e. The number of anilines is 1. The molecule has 0 saturated carbocycles. The summed E-state index contributed by atoms with van der Waals surface area (Å²) in [7, 11) is -3.54. The lowest BCUT2D eigenvalue weighted by Crippen LogP contribution is -2.57. The van der Waals surface area contributed by atoms with Gasteiger partial charge in [-0.05, 0) is 38.1 Å². The fourth-order valence-corrected chi connectivity index (χ4v) is 4.15. The van der Waals surface area contributed by atoms with Crippen LogP contribution < -0.4 is 16.0 Å². The molecule has 1 aromatic rings. The van der Waals surface area contributed by atoms with E-state index in [1.807, 2.05) is 18.2 Å². The first kappa shape index (κ1) is 18.4. The van der Waals surface area contributed by atoms with Crippen molar-refractivity contribution in [2.75, 3.05) is 31.2 Å². The zero-order valence-electron chi connectivity index (χ0n) is 13.7. The van der Waals surface area contributed by atoms with Gasteiger partial charge in [0.15, 0.2) is 14.6 Å². The maximum absolute atomic E-state index is 12.5. The minimum Gasteiger partial charge on any atom is -0.354 e. The topological polar surface area (TPSA) is 104 Å². The Balaban J connectivity index is 1.88. The van der Waals surface area contributed by atoms with Crippen LogP contribution in [0.15, 0.2) is 30.3 Å². The molecule has 0 atom stereocenters. The molecule has 3 N–H and O–H groups in total. The minimum atomic E-state index is -3.54. The molecule has 1 aliphatic heterocycles. The molecule has 2 amide bonds. The quantitative estimate of drug-likeness (QED) is 0.682. The van der Waals surface area contributed by atoms with E-state index >= 15 is 0 Å². The van der Waals surface area contributed by atoms with E-state index in [0.717, 1.165) is 6.26 Å². The summed E-state index contributed by atoms with van der Waals surface area (Å²) in [5.74, 6) is -0.751. The van der Waals surface area contributed by atoms with Crippen molar-refractivity contribution in [2.24, 2.45) is 0 Å². The average molecular weight is 353 g/mol. The van der Waals surface area contributed by atoms with Gasteiger partial charge in [0.1, 0.15) is 0 Å². The number of hydrogen-bond donors (Lipinski definition) is 3. The van der Waals surface area contributed by atoms with Gasteiger partial charge in [-0.15, -0.1) is 0 Å². The van der Waals surface area contributed by atoms with Gasteiger partial charge in [-0.3, -0.25) is 9.59 Å². The Morgan fingerprint density at radius 1 is 1.17 bits per heavy atom. The number of amides is 2. The summed E-state index contributed by atoms with van der Waals surface area (Å²) in [5.41, 5.74) is 0.680. The van der Waals surface area contributed by atoms with Crippen LogP contribution in [0, 0.1) is 0 Å². The first-order valence-electron chi connectivity index (χ1n) is 7.89. The van der Waals surface area contributed by atoms with Gasteiger partial charge in [0.2, 0.25) is 11.8 Å². The van der Waals surface area contributed by atoms with Crippen molar-refractivity contribution in [3.63, 3.8) is 0 Å². The number of para-hydroxylation sites is 1. The SMILES string of the molecule is CS(=O)(=O)C1(C(=O)NCCC(=O)Nc2ccccc2)CCNCC1. The molecular formula is C16H23N3O4S. The number of carbonyl (C=O) groups is 2. The predicted octanol–water partition coefficient (Wildman–Crippen LogP) is 0.298. The Morgan fingerprint density at radius 2 is 1.79 bits per heavy atom. The number of benzene rings is 1. The van der Waals surface area contributed by atoms with E-state index in [-0.39, 0.29) is 31.7 Å². The first-order chi connectivity index (χ1) is 11.3. The van der Waals surface area contributed by atoms with Crippen molar-refractivity contribution in [2.45, 2.75) is 24.0 Å². The van der Waals surface area contributed by atoms with Crippen molar-refractivity contribution in [1.29, 1.82) is 0 Å². The lowest BCUT2D eigenvalue weighted by Gasteiger charge is -2.34. The van der Waals surface area contributed by atoms with Crippen molar-refractivity contribution in [1.82, 2.24) is 10.6 Å². The third-order valence-corrected chi connectivity index (χ3v) is 6.24. The maximum Gasteiger partial charge on any atom is 0.241 e.